The van der Waals surface area contributed by atoms with E-state index in [-0.39, 0.29) is 13.0 Å². The fourth-order valence-corrected chi connectivity index (χ4v) is 3.94. The van der Waals surface area contributed by atoms with Crippen molar-refractivity contribution in [3.63, 3.8) is 0 Å². The van der Waals surface area contributed by atoms with Gasteiger partial charge in [0.05, 0.1) is 12.2 Å². The summed E-state index contributed by atoms with van der Waals surface area (Å²) in [6.07, 6.45) is -0.302. The van der Waals surface area contributed by atoms with Gasteiger partial charge in [-0.2, -0.15) is 4.31 Å². The van der Waals surface area contributed by atoms with Crippen LogP contribution in [0.25, 0.3) is 0 Å². The maximum absolute atomic E-state index is 12.3. The summed E-state index contributed by atoms with van der Waals surface area (Å²) >= 11 is 0. The van der Waals surface area contributed by atoms with Crippen LogP contribution in [-0.4, -0.2) is 41.5 Å². The van der Waals surface area contributed by atoms with Crippen LogP contribution in [0.15, 0.2) is 24.3 Å². The number of carboxylic acids is 1. The number of hydrogen-bond acceptors (Lipinski definition) is 4. The number of hydrogen-bond donors (Lipinski definition) is 2. The topological polar surface area (TPSA) is 118 Å². The minimum Gasteiger partial charge on any atom is -0.481 e. The highest BCUT2D eigenvalue weighted by atomic mass is 32.2. The van der Waals surface area contributed by atoms with Crippen LogP contribution in [0.3, 0.4) is 0 Å². The predicted octanol–water partition coefficient (Wildman–Crippen LogP) is -0.297. The number of carbonyl (C=O) groups excluding carboxylic acids is 1. The highest BCUT2D eigenvalue weighted by Crippen LogP contribution is 2.26. The average molecular weight is 312 g/mol. The summed E-state index contributed by atoms with van der Waals surface area (Å²) in [7, 11) is -3.86. The van der Waals surface area contributed by atoms with Crippen molar-refractivity contribution >= 4 is 21.9 Å². The quantitative estimate of drug-likeness (QED) is 0.774. The van der Waals surface area contributed by atoms with Crippen LogP contribution in [0.1, 0.15) is 17.5 Å². The number of nitrogens with zero attached hydrogens (tertiary/aromatic N) is 1. The Morgan fingerprint density at radius 2 is 1.90 bits per heavy atom. The molecule has 1 aromatic carbocycles. The van der Waals surface area contributed by atoms with Crippen molar-refractivity contribution in [3.05, 3.63) is 35.4 Å². The number of nitrogens with two attached hydrogens (primary N) is 1. The molecule has 0 saturated heterocycles. The van der Waals surface area contributed by atoms with Crippen LogP contribution in [0, 0.1) is 0 Å². The molecule has 0 spiro atoms. The van der Waals surface area contributed by atoms with E-state index in [0.717, 1.165) is 15.4 Å². The maximum Gasteiger partial charge on any atom is 0.304 e. The number of amides is 1. The normalized spacial score (nSPS) is 19.0. The summed E-state index contributed by atoms with van der Waals surface area (Å²) in [4.78, 5) is 22.1. The fraction of sp³-hybridized carbons (Fsp3) is 0.385. The van der Waals surface area contributed by atoms with Crippen molar-refractivity contribution in [2.75, 3.05) is 5.75 Å². The van der Waals surface area contributed by atoms with E-state index in [1.165, 1.54) is 0 Å². The van der Waals surface area contributed by atoms with Gasteiger partial charge < -0.3 is 10.8 Å². The van der Waals surface area contributed by atoms with Gasteiger partial charge in [0.1, 0.15) is 6.04 Å². The molecule has 0 aromatic heterocycles. The molecule has 1 heterocycles. The Morgan fingerprint density at radius 3 is 2.48 bits per heavy atom. The first kappa shape index (κ1) is 15.5. The third-order valence-electron chi connectivity index (χ3n) is 3.47. The Kier molecular flexibility index (Phi) is 4.29. The molecule has 8 heteroatoms. The standard InChI is InChI=1S/C13H16N2O5S/c14-13(18)11-7-9-3-1-2-4-10(9)8-15(11)21(19,20)6-5-12(16)17/h1-4,11H,5-8H2,(H2,14,18)(H,16,17)/t11-/m0/s1. The highest BCUT2D eigenvalue weighted by Gasteiger charge is 2.37. The minimum atomic E-state index is -3.86. The van der Waals surface area contributed by atoms with Gasteiger partial charge in [-0.25, -0.2) is 8.42 Å². The van der Waals surface area contributed by atoms with Crippen molar-refractivity contribution in [3.8, 4) is 0 Å². The molecule has 0 aliphatic carbocycles. The summed E-state index contributed by atoms with van der Waals surface area (Å²) in [5.74, 6) is -2.48. The van der Waals surface area contributed by atoms with Gasteiger partial charge in [-0.1, -0.05) is 24.3 Å². The largest absolute Gasteiger partial charge is 0.481 e. The summed E-state index contributed by atoms with van der Waals surface area (Å²) in [6, 6.07) is 6.23. The molecule has 0 unspecified atom stereocenters. The second-order valence-corrected chi connectivity index (χ2v) is 6.94. The SMILES string of the molecule is NC(=O)[C@@H]1Cc2ccccc2CN1S(=O)(=O)CCC(=O)O. The molecule has 7 nitrogen and oxygen atoms in total. The molecule has 0 fully saturated rings. The van der Waals surface area contributed by atoms with Crippen molar-refractivity contribution in [2.45, 2.75) is 25.4 Å². The molecule has 1 aliphatic rings. The van der Waals surface area contributed by atoms with Gasteiger partial charge in [-0.3, -0.25) is 9.59 Å². The second-order valence-electron chi connectivity index (χ2n) is 4.90. The zero-order valence-corrected chi connectivity index (χ0v) is 12.0. The van der Waals surface area contributed by atoms with Crippen LogP contribution in [0.2, 0.25) is 0 Å². The molecular formula is C13H16N2O5S. The van der Waals surface area contributed by atoms with Crippen LogP contribution >= 0.6 is 0 Å². The van der Waals surface area contributed by atoms with Gasteiger partial charge in [0.25, 0.3) is 0 Å². The predicted molar refractivity (Wildman–Crippen MR) is 74.7 cm³/mol. The third kappa shape index (κ3) is 3.40. The fourth-order valence-electron chi connectivity index (χ4n) is 2.37. The molecule has 2 rings (SSSR count). The molecule has 3 N–H and O–H groups in total. The van der Waals surface area contributed by atoms with Crippen molar-refractivity contribution in [1.82, 2.24) is 4.31 Å². The minimum absolute atomic E-state index is 0.0335. The lowest BCUT2D eigenvalue weighted by molar-refractivity contribution is -0.136. The zero-order chi connectivity index (χ0) is 15.6. The smallest absolute Gasteiger partial charge is 0.304 e. The zero-order valence-electron chi connectivity index (χ0n) is 11.2. The van der Waals surface area contributed by atoms with Gasteiger partial charge in [-0.15, -0.1) is 0 Å². The van der Waals surface area contributed by atoms with Crippen LogP contribution in [0.4, 0.5) is 0 Å². The monoisotopic (exact) mass is 312 g/mol. The van der Waals surface area contributed by atoms with Crippen molar-refractivity contribution in [1.29, 1.82) is 0 Å². The third-order valence-corrected chi connectivity index (χ3v) is 5.28. The van der Waals surface area contributed by atoms with E-state index in [9.17, 15) is 18.0 Å². The molecule has 0 bridgehead atoms. The van der Waals surface area contributed by atoms with Gasteiger partial charge in [0.15, 0.2) is 0 Å². The first-order chi connectivity index (χ1) is 9.81. The molecule has 114 valence electrons. The maximum atomic E-state index is 12.3. The molecule has 21 heavy (non-hydrogen) atoms. The van der Waals surface area contributed by atoms with E-state index in [4.69, 9.17) is 10.8 Å². The second kappa shape index (κ2) is 5.82. The number of carbonyl (C=O) groups is 2. The number of benzene rings is 1. The van der Waals surface area contributed by atoms with Crippen molar-refractivity contribution in [2.24, 2.45) is 5.73 Å². The molecule has 1 amide bonds. The lowest BCUT2D eigenvalue weighted by Crippen LogP contribution is -2.51. The van der Waals surface area contributed by atoms with Gasteiger partial charge in [0.2, 0.25) is 15.9 Å². The van der Waals surface area contributed by atoms with Crippen LogP contribution in [0.5, 0.6) is 0 Å². The Balaban J connectivity index is 2.32. The molecule has 0 saturated carbocycles. The highest BCUT2D eigenvalue weighted by molar-refractivity contribution is 7.89. The Morgan fingerprint density at radius 1 is 1.29 bits per heavy atom. The van der Waals surface area contributed by atoms with Gasteiger partial charge in [0, 0.05) is 6.54 Å². The Hall–Kier alpha value is -1.93. The molecule has 1 aromatic rings. The van der Waals surface area contributed by atoms with E-state index < -0.39 is 40.1 Å². The molecule has 0 radical (unpaired) electrons. The molecule has 1 aliphatic heterocycles. The number of sulfonamides is 1. The lowest BCUT2D eigenvalue weighted by atomic mass is 9.96. The first-order valence-corrected chi connectivity index (χ1v) is 7.99. The number of aliphatic carboxylic acids is 1. The summed E-state index contributed by atoms with van der Waals surface area (Å²) in [5, 5.41) is 8.63. The van der Waals surface area contributed by atoms with Crippen LogP contribution < -0.4 is 5.73 Å². The Bertz CT molecular complexity index is 671. The number of primary amides is 1. The van der Waals surface area contributed by atoms with Crippen LogP contribution in [-0.2, 0) is 32.6 Å². The lowest BCUT2D eigenvalue weighted by Gasteiger charge is -2.34. The summed E-state index contributed by atoms with van der Waals surface area (Å²) < 4.78 is 25.6. The van der Waals surface area contributed by atoms with E-state index in [2.05, 4.69) is 0 Å². The van der Waals surface area contributed by atoms with Gasteiger partial charge in [-0.05, 0) is 17.5 Å². The first-order valence-electron chi connectivity index (χ1n) is 6.38. The number of rotatable bonds is 5. The van der Waals surface area contributed by atoms with Crippen molar-refractivity contribution < 1.29 is 23.1 Å². The van der Waals surface area contributed by atoms with E-state index in [1.807, 2.05) is 12.1 Å². The van der Waals surface area contributed by atoms with Gasteiger partial charge >= 0.3 is 5.97 Å². The van der Waals surface area contributed by atoms with E-state index in [1.54, 1.807) is 12.1 Å². The number of carboxylic acid groups (broad SMARTS) is 1. The van der Waals surface area contributed by atoms with E-state index in [0.29, 0.717) is 0 Å². The molecule has 1 atom stereocenters. The number of fused-ring (bicyclic) bond motifs is 1. The van der Waals surface area contributed by atoms with E-state index >= 15 is 0 Å². The average Bonchev–Trinajstić information content (AvgIpc) is 2.43. The summed E-state index contributed by atoms with van der Waals surface area (Å²) in [5.41, 5.74) is 6.99. The molecular weight excluding hydrogens is 296 g/mol. The Labute approximate surface area is 122 Å². The summed E-state index contributed by atoms with van der Waals surface area (Å²) in [6.45, 7) is 0.0335.